The monoisotopic (exact) mass is 379 g/mol. The minimum absolute atomic E-state index is 0.0610. The zero-order chi connectivity index (χ0) is 18.6. The average molecular weight is 379 g/mol. The van der Waals surface area contributed by atoms with E-state index in [2.05, 4.69) is 9.82 Å². The van der Waals surface area contributed by atoms with Gasteiger partial charge >= 0.3 is 0 Å². The number of nitrogens with one attached hydrogen (secondary N) is 1. The molecule has 0 bridgehead atoms. The number of nitrogens with zero attached hydrogens (tertiary/aromatic N) is 2. The molecular formula is C18H25N3O4S. The summed E-state index contributed by atoms with van der Waals surface area (Å²) in [4.78, 5) is 0. The third-order valence-electron chi connectivity index (χ3n) is 4.49. The molecule has 1 saturated heterocycles. The number of hydrogen-bond acceptors (Lipinski definition) is 5. The standard InChI is InChI=1S/C18H25N3O4S/c1-3-26(22,23)20-18-13-24-9-8-15(18)12-25-17-6-4-16(5-7-17)21-11-14(2)10-19-21/h4-7,10-11,15,18,20H,3,8-9,12-13H2,1-2H3/t15-,18+/m1/s1. The quantitative estimate of drug-likeness (QED) is 0.795. The second-order valence-electron chi connectivity index (χ2n) is 6.52. The van der Waals surface area contributed by atoms with Crippen LogP contribution in [0.5, 0.6) is 5.75 Å². The number of rotatable bonds is 7. The number of benzene rings is 1. The van der Waals surface area contributed by atoms with Crippen molar-refractivity contribution in [2.45, 2.75) is 26.3 Å². The minimum Gasteiger partial charge on any atom is -0.493 e. The highest BCUT2D eigenvalue weighted by Crippen LogP contribution is 2.20. The van der Waals surface area contributed by atoms with E-state index in [9.17, 15) is 8.42 Å². The summed E-state index contributed by atoms with van der Waals surface area (Å²) < 4.78 is 39.6. The Kier molecular flexibility index (Phi) is 5.95. The van der Waals surface area contributed by atoms with E-state index in [0.29, 0.717) is 19.8 Å². The van der Waals surface area contributed by atoms with E-state index in [1.54, 1.807) is 6.92 Å². The second-order valence-corrected chi connectivity index (χ2v) is 8.56. The van der Waals surface area contributed by atoms with Crippen LogP contribution in [0.4, 0.5) is 0 Å². The highest BCUT2D eigenvalue weighted by atomic mass is 32.2. The van der Waals surface area contributed by atoms with Gasteiger partial charge in [-0.1, -0.05) is 0 Å². The number of sulfonamides is 1. The zero-order valence-electron chi connectivity index (χ0n) is 15.1. The van der Waals surface area contributed by atoms with Crippen LogP contribution in [0.2, 0.25) is 0 Å². The lowest BCUT2D eigenvalue weighted by atomic mass is 9.97. The Morgan fingerprint density at radius 1 is 1.35 bits per heavy atom. The Bertz CT molecular complexity index is 817. The third kappa shape index (κ3) is 4.84. The molecule has 26 heavy (non-hydrogen) atoms. The maximum atomic E-state index is 11.8. The molecule has 1 fully saturated rings. The summed E-state index contributed by atoms with van der Waals surface area (Å²) in [5.74, 6) is 0.894. The maximum absolute atomic E-state index is 11.8. The van der Waals surface area contributed by atoms with Crippen LogP contribution < -0.4 is 9.46 Å². The lowest BCUT2D eigenvalue weighted by Crippen LogP contribution is -2.48. The van der Waals surface area contributed by atoms with Crippen molar-refractivity contribution >= 4 is 10.0 Å². The number of ether oxygens (including phenoxy) is 2. The molecule has 1 aliphatic heterocycles. The van der Waals surface area contributed by atoms with Crippen molar-refractivity contribution in [1.82, 2.24) is 14.5 Å². The van der Waals surface area contributed by atoms with E-state index >= 15 is 0 Å². The fourth-order valence-corrected chi connectivity index (χ4v) is 3.77. The Morgan fingerprint density at radius 3 is 2.77 bits per heavy atom. The Morgan fingerprint density at radius 2 is 2.12 bits per heavy atom. The van der Waals surface area contributed by atoms with Crippen LogP contribution in [0.3, 0.4) is 0 Å². The largest absolute Gasteiger partial charge is 0.493 e. The van der Waals surface area contributed by atoms with E-state index < -0.39 is 10.0 Å². The SMILES string of the molecule is CCS(=O)(=O)N[C@H]1COCC[C@@H]1COc1ccc(-n2cc(C)cn2)cc1. The van der Waals surface area contributed by atoms with Crippen molar-refractivity contribution in [3.05, 3.63) is 42.2 Å². The molecule has 2 heterocycles. The predicted octanol–water partition coefficient (Wildman–Crippen LogP) is 1.90. The summed E-state index contributed by atoms with van der Waals surface area (Å²) in [5, 5.41) is 4.28. The molecule has 0 radical (unpaired) electrons. The smallest absolute Gasteiger partial charge is 0.211 e. The molecule has 0 saturated carbocycles. The number of aromatic nitrogens is 2. The van der Waals surface area contributed by atoms with Gasteiger partial charge in [-0.25, -0.2) is 17.8 Å². The molecule has 2 aromatic rings. The average Bonchev–Trinajstić information content (AvgIpc) is 3.07. The van der Waals surface area contributed by atoms with E-state index in [1.165, 1.54) is 0 Å². The molecule has 0 spiro atoms. The van der Waals surface area contributed by atoms with Crippen molar-refractivity contribution in [3.63, 3.8) is 0 Å². The van der Waals surface area contributed by atoms with Crippen molar-refractivity contribution in [3.8, 4) is 11.4 Å². The molecule has 1 N–H and O–H groups in total. The van der Waals surface area contributed by atoms with Gasteiger partial charge in [0.25, 0.3) is 0 Å². The summed E-state index contributed by atoms with van der Waals surface area (Å²) in [6.45, 7) is 5.07. The lowest BCUT2D eigenvalue weighted by Gasteiger charge is -2.31. The van der Waals surface area contributed by atoms with Crippen LogP contribution in [-0.4, -0.2) is 49.8 Å². The van der Waals surface area contributed by atoms with Crippen LogP contribution >= 0.6 is 0 Å². The highest BCUT2D eigenvalue weighted by molar-refractivity contribution is 7.89. The molecule has 3 rings (SSSR count). The lowest BCUT2D eigenvalue weighted by molar-refractivity contribution is 0.0274. The summed E-state index contributed by atoms with van der Waals surface area (Å²) in [6, 6.07) is 7.44. The zero-order valence-corrected chi connectivity index (χ0v) is 15.9. The van der Waals surface area contributed by atoms with Crippen LogP contribution in [0.25, 0.3) is 5.69 Å². The molecule has 142 valence electrons. The third-order valence-corrected chi connectivity index (χ3v) is 5.91. The molecule has 2 atom stereocenters. The van der Waals surface area contributed by atoms with Gasteiger partial charge in [0.2, 0.25) is 10.0 Å². The van der Waals surface area contributed by atoms with Crippen molar-refractivity contribution < 1.29 is 17.9 Å². The Balaban J connectivity index is 1.60. The van der Waals surface area contributed by atoms with E-state index in [1.807, 2.05) is 48.3 Å². The van der Waals surface area contributed by atoms with Crippen LogP contribution in [-0.2, 0) is 14.8 Å². The van der Waals surface area contributed by atoms with Gasteiger partial charge in [-0.05, 0) is 50.1 Å². The van der Waals surface area contributed by atoms with E-state index in [0.717, 1.165) is 23.4 Å². The summed E-state index contributed by atoms with van der Waals surface area (Å²) in [6.07, 6.45) is 4.54. The first-order chi connectivity index (χ1) is 12.5. The second kappa shape index (κ2) is 8.20. The highest BCUT2D eigenvalue weighted by Gasteiger charge is 2.29. The first kappa shape index (κ1) is 18.9. The fraction of sp³-hybridized carbons (Fsp3) is 0.500. The fourth-order valence-electron chi connectivity index (χ4n) is 2.88. The van der Waals surface area contributed by atoms with Crippen LogP contribution in [0.1, 0.15) is 18.9 Å². The number of aryl methyl sites for hydroxylation is 1. The molecule has 8 heteroatoms. The van der Waals surface area contributed by atoms with Gasteiger partial charge < -0.3 is 9.47 Å². The summed E-state index contributed by atoms with van der Waals surface area (Å²) in [5.41, 5.74) is 2.07. The van der Waals surface area contributed by atoms with Gasteiger partial charge in [-0.15, -0.1) is 0 Å². The van der Waals surface area contributed by atoms with E-state index in [-0.39, 0.29) is 17.7 Å². The normalized spacial score (nSPS) is 20.8. The first-order valence-electron chi connectivity index (χ1n) is 8.79. The molecule has 1 aromatic carbocycles. The van der Waals surface area contributed by atoms with E-state index in [4.69, 9.17) is 9.47 Å². The molecular weight excluding hydrogens is 354 g/mol. The molecule has 1 aromatic heterocycles. The molecule has 1 aliphatic rings. The first-order valence-corrected chi connectivity index (χ1v) is 10.4. The van der Waals surface area contributed by atoms with Gasteiger partial charge in [0.05, 0.1) is 36.9 Å². The number of hydrogen-bond donors (Lipinski definition) is 1. The predicted molar refractivity (Wildman–Crippen MR) is 99.1 cm³/mol. The molecule has 7 nitrogen and oxygen atoms in total. The Hall–Kier alpha value is -1.90. The van der Waals surface area contributed by atoms with Crippen molar-refractivity contribution in [1.29, 1.82) is 0 Å². The molecule has 0 amide bonds. The summed E-state index contributed by atoms with van der Waals surface area (Å²) >= 11 is 0. The van der Waals surface area contributed by atoms with Gasteiger partial charge in [-0.3, -0.25) is 0 Å². The van der Waals surface area contributed by atoms with Crippen molar-refractivity contribution in [2.24, 2.45) is 5.92 Å². The summed E-state index contributed by atoms with van der Waals surface area (Å²) in [7, 11) is -3.26. The van der Waals surface area contributed by atoms with Gasteiger partial charge in [0, 0.05) is 18.7 Å². The maximum Gasteiger partial charge on any atom is 0.211 e. The minimum atomic E-state index is -3.26. The van der Waals surface area contributed by atoms with Crippen LogP contribution in [0.15, 0.2) is 36.7 Å². The van der Waals surface area contributed by atoms with Gasteiger partial charge in [0.15, 0.2) is 0 Å². The topological polar surface area (TPSA) is 82.5 Å². The Labute approximate surface area is 154 Å². The van der Waals surface area contributed by atoms with Gasteiger partial charge in [0.1, 0.15) is 5.75 Å². The molecule has 0 aliphatic carbocycles. The van der Waals surface area contributed by atoms with Crippen molar-refractivity contribution in [2.75, 3.05) is 25.6 Å². The van der Waals surface area contributed by atoms with Crippen LogP contribution in [0, 0.1) is 12.8 Å². The molecule has 0 unspecified atom stereocenters. The van der Waals surface area contributed by atoms with Gasteiger partial charge in [-0.2, -0.15) is 5.10 Å².